The zero-order chi connectivity index (χ0) is 12.0. The fraction of sp³-hybridized carbons (Fsp3) is 0.214. The van der Waals surface area contributed by atoms with Gasteiger partial charge in [-0.05, 0) is 31.1 Å². The van der Waals surface area contributed by atoms with Crippen LogP contribution in [-0.2, 0) is 6.42 Å². The van der Waals surface area contributed by atoms with Gasteiger partial charge in [-0.15, -0.1) is 0 Å². The minimum absolute atomic E-state index is 0.737. The number of nitrogen functional groups attached to an aromatic ring is 1. The lowest BCUT2D eigenvalue weighted by Gasteiger charge is -2.04. The SMILES string of the molecule is C=C/C(=C\C=C/C)Cc1cc(C)c(N)cn1. The Hall–Kier alpha value is -1.83. The third-order valence-corrected chi connectivity index (χ3v) is 2.36. The molecular formula is C14H18N2. The summed E-state index contributed by atoms with van der Waals surface area (Å²) in [6.45, 7) is 7.77. The molecule has 1 aromatic rings. The molecule has 0 amide bonds. The summed E-state index contributed by atoms with van der Waals surface area (Å²) in [6, 6.07) is 2.02. The van der Waals surface area contributed by atoms with Gasteiger partial charge in [0.2, 0.25) is 0 Å². The monoisotopic (exact) mass is 214 g/mol. The van der Waals surface area contributed by atoms with E-state index in [4.69, 9.17) is 5.73 Å². The first-order valence-electron chi connectivity index (χ1n) is 5.32. The van der Waals surface area contributed by atoms with Crippen molar-refractivity contribution >= 4 is 5.69 Å². The maximum Gasteiger partial charge on any atom is 0.0530 e. The number of hydrogen-bond donors (Lipinski definition) is 1. The van der Waals surface area contributed by atoms with E-state index in [1.807, 2.05) is 44.2 Å². The van der Waals surface area contributed by atoms with Gasteiger partial charge in [0, 0.05) is 12.1 Å². The number of aryl methyl sites for hydroxylation is 1. The molecule has 0 spiro atoms. The van der Waals surface area contributed by atoms with E-state index in [-0.39, 0.29) is 0 Å². The summed E-state index contributed by atoms with van der Waals surface area (Å²) in [5, 5.41) is 0. The molecule has 1 rings (SSSR count). The Morgan fingerprint density at radius 3 is 2.88 bits per heavy atom. The Morgan fingerprint density at radius 2 is 2.31 bits per heavy atom. The van der Waals surface area contributed by atoms with E-state index in [1.54, 1.807) is 6.20 Å². The van der Waals surface area contributed by atoms with Crippen LogP contribution in [0.5, 0.6) is 0 Å². The van der Waals surface area contributed by atoms with Gasteiger partial charge in [-0.1, -0.05) is 30.9 Å². The smallest absolute Gasteiger partial charge is 0.0530 e. The molecule has 2 heteroatoms. The molecule has 2 nitrogen and oxygen atoms in total. The number of hydrogen-bond acceptors (Lipinski definition) is 2. The van der Waals surface area contributed by atoms with Crippen molar-refractivity contribution in [2.75, 3.05) is 5.73 Å². The van der Waals surface area contributed by atoms with E-state index < -0.39 is 0 Å². The lowest BCUT2D eigenvalue weighted by molar-refractivity contribution is 1.07. The van der Waals surface area contributed by atoms with E-state index >= 15 is 0 Å². The number of nitrogens with zero attached hydrogens (tertiary/aromatic N) is 1. The molecular weight excluding hydrogens is 196 g/mol. The van der Waals surface area contributed by atoms with Gasteiger partial charge in [-0.2, -0.15) is 0 Å². The third-order valence-electron chi connectivity index (χ3n) is 2.36. The van der Waals surface area contributed by atoms with Gasteiger partial charge < -0.3 is 5.73 Å². The highest BCUT2D eigenvalue weighted by Gasteiger charge is 2.00. The maximum absolute atomic E-state index is 5.72. The van der Waals surface area contributed by atoms with Gasteiger partial charge in [-0.25, -0.2) is 0 Å². The molecule has 0 saturated heterocycles. The topological polar surface area (TPSA) is 38.9 Å². The Labute approximate surface area is 97.2 Å². The van der Waals surface area contributed by atoms with Gasteiger partial charge in [0.1, 0.15) is 0 Å². The molecule has 0 saturated carbocycles. The van der Waals surface area contributed by atoms with Crippen LogP contribution < -0.4 is 5.73 Å². The number of nitrogens with two attached hydrogens (primary N) is 1. The summed E-state index contributed by atoms with van der Waals surface area (Å²) in [6.07, 6.45) is 10.4. The molecule has 84 valence electrons. The molecule has 16 heavy (non-hydrogen) atoms. The van der Waals surface area contributed by atoms with Gasteiger partial charge in [-0.3, -0.25) is 4.98 Å². The predicted octanol–water partition coefficient (Wildman–Crippen LogP) is 3.20. The summed E-state index contributed by atoms with van der Waals surface area (Å²) in [5.41, 5.74) is 9.69. The zero-order valence-electron chi connectivity index (χ0n) is 9.90. The van der Waals surface area contributed by atoms with E-state index in [9.17, 15) is 0 Å². The number of rotatable bonds is 4. The van der Waals surface area contributed by atoms with Crippen molar-refractivity contribution < 1.29 is 0 Å². The Morgan fingerprint density at radius 1 is 1.56 bits per heavy atom. The molecule has 0 radical (unpaired) electrons. The van der Waals surface area contributed by atoms with E-state index in [1.165, 1.54) is 0 Å². The first-order valence-corrected chi connectivity index (χ1v) is 5.32. The lowest BCUT2D eigenvalue weighted by atomic mass is 10.1. The van der Waals surface area contributed by atoms with Crippen LogP contribution in [0, 0.1) is 6.92 Å². The molecule has 1 aromatic heterocycles. The highest BCUT2D eigenvalue weighted by molar-refractivity contribution is 5.44. The fourth-order valence-corrected chi connectivity index (χ4v) is 1.35. The predicted molar refractivity (Wildman–Crippen MR) is 70.2 cm³/mol. The summed E-state index contributed by atoms with van der Waals surface area (Å²) >= 11 is 0. The van der Waals surface area contributed by atoms with Crippen molar-refractivity contribution in [1.29, 1.82) is 0 Å². The van der Waals surface area contributed by atoms with E-state index in [2.05, 4.69) is 11.6 Å². The second kappa shape index (κ2) is 5.91. The van der Waals surface area contributed by atoms with Crippen LogP contribution in [0.1, 0.15) is 18.2 Å². The molecule has 0 atom stereocenters. The number of anilines is 1. The van der Waals surface area contributed by atoms with Crippen molar-refractivity contribution in [3.8, 4) is 0 Å². The van der Waals surface area contributed by atoms with Crippen LogP contribution in [0.3, 0.4) is 0 Å². The largest absolute Gasteiger partial charge is 0.397 e. The Balaban J connectivity index is 2.86. The zero-order valence-corrected chi connectivity index (χ0v) is 9.90. The number of aromatic nitrogens is 1. The van der Waals surface area contributed by atoms with E-state index in [0.29, 0.717) is 0 Å². The molecule has 0 aromatic carbocycles. The summed E-state index contributed by atoms with van der Waals surface area (Å²) in [4.78, 5) is 4.30. The average molecular weight is 214 g/mol. The van der Waals surface area contributed by atoms with Crippen molar-refractivity contribution in [3.05, 3.63) is 60.0 Å². The number of allylic oxidation sites excluding steroid dienone is 5. The van der Waals surface area contributed by atoms with Gasteiger partial charge >= 0.3 is 0 Å². The summed E-state index contributed by atoms with van der Waals surface area (Å²) < 4.78 is 0. The van der Waals surface area contributed by atoms with Gasteiger partial charge in [0.25, 0.3) is 0 Å². The molecule has 0 fully saturated rings. The second-order valence-electron chi connectivity index (χ2n) is 3.68. The standard InChI is InChI=1S/C14H18N2/c1-4-6-7-12(5-2)9-13-8-11(3)14(15)10-16-13/h4-8,10H,2,9,15H2,1,3H3/b6-4-,12-7+. The van der Waals surface area contributed by atoms with Crippen LogP contribution in [-0.4, -0.2) is 4.98 Å². The van der Waals surface area contributed by atoms with Gasteiger partial charge in [0.15, 0.2) is 0 Å². The van der Waals surface area contributed by atoms with Gasteiger partial charge in [0.05, 0.1) is 11.9 Å². The van der Waals surface area contributed by atoms with Crippen molar-refractivity contribution in [2.24, 2.45) is 0 Å². The minimum Gasteiger partial charge on any atom is -0.397 e. The highest BCUT2D eigenvalue weighted by Crippen LogP contribution is 2.13. The van der Waals surface area contributed by atoms with E-state index in [0.717, 1.165) is 28.9 Å². The summed E-state index contributed by atoms with van der Waals surface area (Å²) in [7, 11) is 0. The molecule has 0 bridgehead atoms. The third kappa shape index (κ3) is 3.39. The van der Waals surface area contributed by atoms with Crippen LogP contribution >= 0.6 is 0 Å². The minimum atomic E-state index is 0.737. The first kappa shape index (κ1) is 12.2. The van der Waals surface area contributed by atoms with Crippen molar-refractivity contribution in [1.82, 2.24) is 4.98 Å². The lowest BCUT2D eigenvalue weighted by Crippen LogP contribution is -1.97. The normalized spacial score (nSPS) is 12.0. The van der Waals surface area contributed by atoms with Crippen LogP contribution in [0.4, 0.5) is 5.69 Å². The fourth-order valence-electron chi connectivity index (χ4n) is 1.35. The molecule has 0 aliphatic heterocycles. The Kier molecular flexibility index (Phi) is 4.52. The van der Waals surface area contributed by atoms with Crippen LogP contribution in [0.2, 0.25) is 0 Å². The second-order valence-corrected chi connectivity index (χ2v) is 3.68. The molecule has 0 aliphatic carbocycles. The van der Waals surface area contributed by atoms with Crippen molar-refractivity contribution in [3.63, 3.8) is 0 Å². The quantitative estimate of drug-likeness (QED) is 0.782. The molecule has 2 N–H and O–H groups in total. The van der Waals surface area contributed by atoms with Crippen molar-refractivity contribution in [2.45, 2.75) is 20.3 Å². The molecule has 1 heterocycles. The molecule has 0 unspecified atom stereocenters. The average Bonchev–Trinajstić information content (AvgIpc) is 2.29. The first-order chi connectivity index (χ1) is 7.67. The molecule has 0 aliphatic rings. The highest BCUT2D eigenvalue weighted by atomic mass is 14.7. The summed E-state index contributed by atoms with van der Waals surface area (Å²) in [5.74, 6) is 0. The van der Waals surface area contributed by atoms with Crippen LogP contribution in [0.15, 0.2) is 48.7 Å². The van der Waals surface area contributed by atoms with Crippen LogP contribution in [0.25, 0.3) is 0 Å². The number of pyridine rings is 1. The Bertz CT molecular complexity index is 428. The maximum atomic E-state index is 5.72.